The molecule has 0 bridgehead atoms. The van der Waals surface area contributed by atoms with Gasteiger partial charge in [-0.25, -0.2) is 9.78 Å². The topological polar surface area (TPSA) is 75.2 Å². The van der Waals surface area contributed by atoms with Gasteiger partial charge in [-0.15, -0.1) is 0 Å². The fourth-order valence-corrected chi connectivity index (χ4v) is 2.30. The van der Waals surface area contributed by atoms with Gasteiger partial charge in [0.15, 0.2) is 0 Å². The van der Waals surface area contributed by atoms with E-state index in [4.69, 9.17) is 5.26 Å². The molecule has 2 N–H and O–H groups in total. The van der Waals surface area contributed by atoms with E-state index >= 15 is 0 Å². The molecule has 5 nitrogen and oxygen atoms in total. The minimum Gasteiger partial charge on any atom is -0.348 e. The van der Waals surface area contributed by atoms with E-state index in [1.165, 1.54) is 0 Å². The first-order valence-electron chi connectivity index (χ1n) is 6.70. The van der Waals surface area contributed by atoms with Crippen molar-refractivity contribution in [2.75, 3.05) is 0 Å². The third-order valence-electron chi connectivity index (χ3n) is 3.35. The van der Waals surface area contributed by atoms with Crippen LogP contribution in [-0.4, -0.2) is 21.2 Å². The summed E-state index contributed by atoms with van der Waals surface area (Å²) in [6.07, 6.45) is 6.61. The van der Waals surface area contributed by atoms with Crippen LogP contribution in [0.3, 0.4) is 0 Å². The van der Waals surface area contributed by atoms with Crippen molar-refractivity contribution in [1.82, 2.24) is 9.97 Å². The number of carbonyl (C=O) groups excluding carboxylic acids is 1. The van der Waals surface area contributed by atoms with Crippen LogP contribution < -0.4 is 0 Å². The molecule has 1 aromatic heterocycles. The number of hydrogen-bond acceptors (Lipinski definition) is 4. The molecular formula is C15H18N2O3. The van der Waals surface area contributed by atoms with Gasteiger partial charge in [0.2, 0.25) is 0 Å². The Bertz CT molecular complexity index is 552. The number of unbranched alkanes of at least 4 members (excludes halogenated alkanes) is 1. The number of hydrogen-bond donors (Lipinski definition) is 2. The van der Waals surface area contributed by atoms with Crippen LogP contribution in [0.5, 0.6) is 0 Å². The second-order valence-corrected chi connectivity index (χ2v) is 4.71. The summed E-state index contributed by atoms with van der Waals surface area (Å²) < 4.78 is 0. The maximum atomic E-state index is 11.4. The molecule has 0 aliphatic rings. The standard InChI is InChI=1S/C15H18N2O3/c1-2-3-7-13(14-9-16-10-17-14)11-5-4-6-12(8-11)15(18)20-19/h4-6,8-10,13,19H,2-3,7H2,1H3,(H,16,17). The second-order valence-electron chi connectivity index (χ2n) is 4.71. The van der Waals surface area contributed by atoms with Gasteiger partial charge in [0, 0.05) is 17.8 Å². The van der Waals surface area contributed by atoms with E-state index in [1.807, 2.05) is 6.07 Å². The van der Waals surface area contributed by atoms with E-state index in [9.17, 15) is 4.79 Å². The van der Waals surface area contributed by atoms with Gasteiger partial charge in [0.25, 0.3) is 0 Å². The first-order chi connectivity index (χ1) is 9.76. The molecule has 0 saturated carbocycles. The van der Waals surface area contributed by atoms with E-state index in [1.54, 1.807) is 30.7 Å². The van der Waals surface area contributed by atoms with Crippen LogP contribution in [0.15, 0.2) is 36.8 Å². The predicted octanol–water partition coefficient (Wildman–Crippen LogP) is 3.36. The lowest BCUT2D eigenvalue weighted by Gasteiger charge is -2.16. The van der Waals surface area contributed by atoms with Crippen LogP contribution in [-0.2, 0) is 4.89 Å². The fraction of sp³-hybridized carbons (Fsp3) is 0.333. The lowest BCUT2D eigenvalue weighted by atomic mass is 9.90. The normalized spacial score (nSPS) is 12.1. The van der Waals surface area contributed by atoms with Crippen molar-refractivity contribution in [3.63, 3.8) is 0 Å². The Morgan fingerprint density at radius 1 is 1.50 bits per heavy atom. The Kier molecular flexibility index (Phi) is 4.90. The first-order valence-corrected chi connectivity index (χ1v) is 6.70. The fourth-order valence-electron chi connectivity index (χ4n) is 2.30. The molecule has 1 atom stereocenters. The molecule has 0 aliphatic carbocycles. The summed E-state index contributed by atoms with van der Waals surface area (Å²) in [6, 6.07) is 7.12. The average molecular weight is 274 g/mol. The summed E-state index contributed by atoms with van der Waals surface area (Å²) in [7, 11) is 0. The molecule has 0 spiro atoms. The monoisotopic (exact) mass is 274 g/mol. The maximum absolute atomic E-state index is 11.4. The largest absolute Gasteiger partial charge is 0.372 e. The van der Waals surface area contributed by atoms with E-state index in [-0.39, 0.29) is 5.92 Å². The summed E-state index contributed by atoms with van der Waals surface area (Å²) in [5.74, 6) is -0.588. The van der Waals surface area contributed by atoms with Crippen LogP contribution in [0.2, 0.25) is 0 Å². The molecule has 106 valence electrons. The SMILES string of the molecule is CCCCC(c1cccc(C(=O)OO)c1)c1cnc[nH]1. The van der Waals surface area contributed by atoms with Crippen LogP contribution in [0.4, 0.5) is 0 Å². The van der Waals surface area contributed by atoms with Gasteiger partial charge in [-0.2, -0.15) is 5.26 Å². The minimum atomic E-state index is -0.745. The Morgan fingerprint density at radius 3 is 3.00 bits per heavy atom. The highest BCUT2D eigenvalue weighted by molar-refractivity contribution is 5.89. The van der Waals surface area contributed by atoms with Gasteiger partial charge >= 0.3 is 5.97 Å². The predicted molar refractivity (Wildman–Crippen MR) is 74.4 cm³/mol. The highest BCUT2D eigenvalue weighted by Crippen LogP contribution is 2.28. The summed E-state index contributed by atoms with van der Waals surface area (Å²) >= 11 is 0. The van der Waals surface area contributed by atoms with Crippen molar-refractivity contribution < 1.29 is 14.9 Å². The Balaban J connectivity index is 2.31. The summed E-state index contributed by atoms with van der Waals surface area (Å²) in [5, 5.41) is 8.48. The summed E-state index contributed by atoms with van der Waals surface area (Å²) in [4.78, 5) is 22.4. The summed E-state index contributed by atoms with van der Waals surface area (Å²) in [6.45, 7) is 2.14. The van der Waals surface area contributed by atoms with Crippen LogP contribution in [0.25, 0.3) is 0 Å². The van der Waals surface area contributed by atoms with E-state index < -0.39 is 5.97 Å². The van der Waals surface area contributed by atoms with E-state index in [0.29, 0.717) is 5.56 Å². The number of nitrogens with zero attached hydrogens (tertiary/aromatic N) is 1. The smallest absolute Gasteiger partial charge is 0.348 e. The molecule has 1 aromatic carbocycles. The molecule has 0 fully saturated rings. The lowest BCUT2D eigenvalue weighted by Crippen LogP contribution is -2.06. The molecular weight excluding hydrogens is 256 g/mol. The minimum absolute atomic E-state index is 0.156. The first kappa shape index (κ1) is 14.3. The number of rotatable bonds is 6. The highest BCUT2D eigenvalue weighted by Gasteiger charge is 2.17. The Hall–Kier alpha value is -2.14. The molecule has 0 radical (unpaired) electrons. The molecule has 20 heavy (non-hydrogen) atoms. The van der Waals surface area contributed by atoms with Gasteiger partial charge in [0.05, 0.1) is 11.9 Å². The zero-order valence-electron chi connectivity index (χ0n) is 11.4. The van der Waals surface area contributed by atoms with Crippen molar-refractivity contribution >= 4 is 5.97 Å². The van der Waals surface area contributed by atoms with E-state index in [0.717, 1.165) is 30.5 Å². The van der Waals surface area contributed by atoms with E-state index in [2.05, 4.69) is 21.8 Å². The zero-order valence-corrected chi connectivity index (χ0v) is 11.4. The van der Waals surface area contributed by atoms with Crippen LogP contribution in [0, 0.1) is 0 Å². The molecule has 0 amide bonds. The second kappa shape index (κ2) is 6.86. The lowest BCUT2D eigenvalue weighted by molar-refractivity contribution is -0.182. The van der Waals surface area contributed by atoms with Crippen molar-refractivity contribution in [3.05, 3.63) is 53.6 Å². The third-order valence-corrected chi connectivity index (χ3v) is 3.35. The molecule has 2 rings (SSSR count). The Morgan fingerprint density at radius 2 is 2.35 bits per heavy atom. The summed E-state index contributed by atoms with van der Waals surface area (Å²) in [5.41, 5.74) is 2.37. The average Bonchev–Trinajstić information content (AvgIpc) is 3.01. The molecule has 5 heteroatoms. The number of benzene rings is 1. The quantitative estimate of drug-likeness (QED) is 0.625. The number of nitrogens with one attached hydrogen (secondary N) is 1. The third kappa shape index (κ3) is 3.24. The van der Waals surface area contributed by atoms with Crippen LogP contribution >= 0.6 is 0 Å². The van der Waals surface area contributed by atoms with Gasteiger partial charge in [-0.05, 0) is 24.1 Å². The molecule has 1 heterocycles. The number of carbonyl (C=O) groups is 1. The molecule has 0 saturated heterocycles. The van der Waals surface area contributed by atoms with Gasteiger partial charge in [-0.3, -0.25) is 4.89 Å². The van der Waals surface area contributed by atoms with Crippen molar-refractivity contribution in [1.29, 1.82) is 0 Å². The number of imidazole rings is 1. The molecule has 2 aromatic rings. The maximum Gasteiger partial charge on any atom is 0.372 e. The molecule has 0 aliphatic heterocycles. The van der Waals surface area contributed by atoms with Crippen molar-refractivity contribution in [2.45, 2.75) is 32.1 Å². The number of aromatic amines is 1. The zero-order chi connectivity index (χ0) is 14.4. The van der Waals surface area contributed by atoms with Crippen molar-refractivity contribution in [2.24, 2.45) is 0 Å². The Labute approximate surface area is 117 Å². The van der Waals surface area contributed by atoms with Crippen LogP contribution in [0.1, 0.15) is 53.7 Å². The number of aromatic nitrogens is 2. The van der Waals surface area contributed by atoms with Gasteiger partial charge in [-0.1, -0.05) is 31.9 Å². The van der Waals surface area contributed by atoms with Gasteiger partial charge in [0.1, 0.15) is 0 Å². The van der Waals surface area contributed by atoms with Crippen molar-refractivity contribution in [3.8, 4) is 0 Å². The number of H-pyrrole nitrogens is 1. The highest BCUT2D eigenvalue weighted by atomic mass is 17.1. The van der Waals surface area contributed by atoms with Gasteiger partial charge < -0.3 is 4.98 Å². The molecule has 1 unspecified atom stereocenters.